The molecule has 0 saturated heterocycles. The van der Waals surface area contributed by atoms with Gasteiger partial charge in [0.2, 0.25) is 0 Å². The molecule has 0 aliphatic heterocycles. The van der Waals surface area contributed by atoms with E-state index in [4.69, 9.17) is 15.3 Å². The zero-order valence-electron chi connectivity index (χ0n) is 2.57. The third kappa shape index (κ3) is 93.7. The average molecular weight is 260 g/mol. The summed E-state index contributed by atoms with van der Waals surface area (Å²) in [5.74, 6) is 0. The third-order valence-corrected chi connectivity index (χ3v) is 0. The van der Waals surface area contributed by atoms with Crippen LogP contribution in [0, 0.1) is 50.9 Å². The molecule has 1 radical (unpaired) electrons. The molecule has 0 heterocycles. The largest absolute Gasteiger partial charge is 0.356 e. The number of hydrogen-bond donors (Lipinski definition) is 0. The second kappa shape index (κ2) is 9.31. The van der Waals surface area contributed by atoms with Crippen LogP contribution < -0.4 is 0 Å². The topological polar surface area (TPSA) is 66.2 Å². The maximum Gasteiger partial charge on any atom is 0.0689 e. The van der Waals surface area contributed by atoms with Gasteiger partial charge in [-0.15, -0.1) is 0 Å². The molecule has 0 aromatic carbocycles. The predicted octanol–water partition coefficient (Wildman–Crippen LogP) is -0.242. The Hall–Kier alpha value is 0.888. The molecule has 0 aromatic rings. The molecule has 0 aliphatic rings. The van der Waals surface area contributed by atoms with Crippen molar-refractivity contribution < 1.29 is 57.2 Å². The zero-order valence-corrected chi connectivity index (χ0v) is 7.18. The van der Waals surface area contributed by atoms with Crippen LogP contribution in [-0.4, -0.2) is 5.09 Å². The fourth-order valence-corrected chi connectivity index (χ4v) is 0. The Morgan fingerprint density at radius 2 is 1.33 bits per heavy atom. The van der Waals surface area contributed by atoms with Crippen molar-refractivity contribution in [2.45, 2.75) is 0 Å². The smallest absolute Gasteiger partial charge is 0.0689 e. The van der Waals surface area contributed by atoms with Crippen LogP contribution >= 0.6 is 0 Å². The first-order valence-electron chi connectivity index (χ1n) is 0.548. The second-order valence-electron chi connectivity index (χ2n) is 0.224. The van der Waals surface area contributed by atoms with Crippen molar-refractivity contribution in [3.05, 3.63) is 15.3 Å². The van der Waals surface area contributed by atoms with Crippen molar-refractivity contribution >= 4 is 0 Å². The van der Waals surface area contributed by atoms with Crippen molar-refractivity contribution in [3.63, 3.8) is 0 Å². The Morgan fingerprint density at radius 1 is 1.33 bits per heavy atom. The van der Waals surface area contributed by atoms with Gasteiger partial charge in [-0.2, -0.15) is 0 Å². The minimum absolute atomic E-state index is 0. The number of nitrogens with zero attached hydrogens (tertiary/aromatic N) is 1. The van der Waals surface area contributed by atoms with Crippen LogP contribution in [0.25, 0.3) is 0 Å². The molecule has 0 saturated carbocycles. The molecule has 0 rings (SSSR count). The molecule has 0 N–H and O–H groups in total. The van der Waals surface area contributed by atoms with E-state index in [0.29, 0.717) is 0 Å². The summed E-state index contributed by atoms with van der Waals surface area (Å²) in [5, 5.41) is 14.8. The monoisotopic (exact) mass is 259 g/mol. The number of rotatable bonds is 0. The van der Waals surface area contributed by atoms with E-state index >= 15 is 0 Å². The van der Waals surface area contributed by atoms with E-state index in [0.717, 1.165) is 0 Å². The Labute approximate surface area is 71.9 Å². The fourth-order valence-electron chi connectivity index (χ4n) is 0. The van der Waals surface area contributed by atoms with Crippen molar-refractivity contribution in [1.82, 2.24) is 0 Å². The van der Waals surface area contributed by atoms with Gasteiger partial charge < -0.3 is 15.3 Å². The third-order valence-electron chi connectivity index (χ3n) is 0. The molecule has 0 atom stereocenters. The summed E-state index contributed by atoms with van der Waals surface area (Å²) < 4.78 is 0. The van der Waals surface area contributed by atoms with E-state index in [9.17, 15) is 0 Å². The van der Waals surface area contributed by atoms with Gasteiger partial charge in [-0.25, -0.2) is 0 Å². The first kappa shape index (κ1) is 15.8. The standard InChI is InChI=1S/La.NO3.Ni/c;2-1(3)4;/q;-1;. The Kier molecular flexibility index (Phi) is 24.5. The summed E-state index contributed by atoms with van der Waals surface area (Å²) in [4.78, 5) is 8.25. The summed E-state index contributed by atoms with van der Waals surface area (Å²) in [6, 6.07) is 0. The van der Waals surface area contributed by atoms with Crippen LogP contribution in [0.4, 0.5) is 0 Å². The molecule has 0 fully saturated rings. The van der Waals surface area contributed by atoms with E-state index in [1.807, 2.05) is 0 Å². The van der Waals surface area contributed by atoms with Crippen LogP contribution in [0.3, 0.4) is 0 Å². The molecule has 4 nitrogen and oxygen atoms in total. The maximum atomic E-state index is 8.25. The molecule has 0 unspecified atom stereocenters. The van der Waals surface area contributed by atoms with Crippen LogP contribution in [-0.2, 0) is 16.5 Å². The van der Waals surface area contributed by atoms with Gasteiger partial charge in [-0.3, -0.25) is 0 Å². The van der Waals surface area contributed by atoms with Crippen molar-refractivity contribution in [3.8, 4) is 0 Å². The van der Waals surface area contributed by atoms with Gasteiger partial charge in [0.25, 0.3) is 0 Å². The van der Waals surface area contributed by atoms with Gasteiger partial charge in [0, 0.05) is 52.1 Å². The van der Waals surface area contributed by atoms with Gasteiger partial charge in [0.1, 0.15) is 0 Å². The normalized spacial score (nSPS) is 4.00. The SMILES string of the molecule is O=[N+]([O-])[O-].[La].[Ni]. The van der Waals surface area contributed by atoms with Crippen LogP contribution in [0.15, 0.2) is 0 Å². The summed E-state index contributed by atoms with van der Waals surface area (Å²) >= 11 is 0. The maximum absolute atomic E-state index is 8.25. The quantitative estimate of drug-likeness (QED) is 0.343. The minimum atomic E-state index is -1.75. The summed E-state index contributed by atoms with van der Waals surface area (Å²) in [6.45, 7) is 0. The first-order valence-corrected chi connectivity index (χ1v) is 0.548. The van der Waals surface area contributed by atoms with E-state index in [1.165, 1.54) is 0 Å². The van der Waals surface area contributed by atoms with Gasteiger partial charge in [-0.05, 0) is 0 Å². The van der Waals surface area contributed by atoms with Crippen molar-refractivity contribution in [2.24, 2.45) is 0 Å². The fraction of sp³-hybridized carbons (Fsp3) is 0. The first-order chi connectivity index (χ1) is 1.73. The van der Waals surface area contributed by atoms with Crippen molar-refractivity contribution in [1.29, 1.82) is 0 Å². The average Bonchev–Trinajstić information content (AvgIpc) is 0.811. The molecule has 0 aromatic heterocycles. The zero-order chi connectivity index (χ0) is 3.58. The Balaban J connectivity index is -0.0000000450. The molecule has 6 heteroatoms. The second-order valence-corrected chi connectivity index (χ2v) is 0.224. The molecule has 37 valence electrons. The molecular weight excluding hydrogens is 260 g/mol. The predicted molar refractivity (Wildman–Crippen MR) is 10.4 cm³/mol. The van der Waals surface area contributed by atoms with Gasteiger partial charge in [0.15, 0.2) is 0 Å². The Bertz CT molecular complexity index is 33.8. The molecule has 6 heavy (non-hydrogen) atoms. The minimum Gasteiger partial charge on any atom is -0.356 e. The summed E-state index contributed by atoms with van der Waals surface area (Å²) in [6.07, 6.45) is 0. The van der Waals surface area contributed by atoms with Crippen LogP contribution in [0.5, 0.6) is 0 Å². The molecule has 0 bridgehead atoms. The summed E-state index contributed by atoms with van der Waals surface area (Å²) in [7, 11) is 0. The Morgan fingerprint density at radius 3 is 1.33 bits per heavy atom. The summed E-state index contributed by atoms with van der Waals surface area (Å²) in [5.41, 5.74) is 0. The van der Waals surface area contributed by atoms with Crippen LogP contribution in [0.1, 0.15) is 0 Å². The molecule has 0 amide bonds. The van der Waals surface area contributed by atoms with E-state index in [1.54, 1.807) is 0 Å². The van der Waals surface area contributed by atoms with Crippen molar-refractivity contribution in [2.75, 3.05) is 0 Å². The van der Waals surface area contributed by atoms with E-state index in [2.05, 4.69) is 0 Å². The van der Waals surface area contributed by atoms with Gasteiger partial charge in [0.05, 0.1) is 5.09 Å². The van der Waals surface area contributed by atoms with Gasteiger partial charge >= 0.3 is 0 Å². The molecule has 0 spiro atoms. The number of hydrogen-bond acceptors (Lipinski definition) is 3. The van der Waals surface area contributed by atoms with E-state index in [-0.39, 0.29) is 52.1 Å². The molecule has 0 aliphatic carbocycles. The van der Waals surface area contributed by atoms with E-state index < -0.39 is 5.09 Å². The van der Waals surface area contributed by atoms with Crippen LogP contribution in [0.2, 0.25) is 0 Å². The molecular formula is LaNNiO3-. The van der Waals surface area contributed by atoms with Gasteiger partial charge in [-0.1, -0.05) is 0 Å².